The van der Waals surface area contributed by atoms with Crippen molar-refractivity contribution in [3.8, 4) is 0 Å². The Morgan fingerprint density at radius 3 is 1.78 bits per heavy atom. The van der Waals surface area contributed by atoms with Gasteiger partial charge >= 0.3 is 11.9 Å². The van der Waals surface area contributed by atoms with Crippen LogP contribution in [0.25, 0.3) is 0 Å². The molecule has 0 aliphatic rings. The summed E-state index contributed by atoms with van der Waals surface area (Å²) in [5.41, 5.74) is -1.18. The molecule has 0 aromatic rings. The Morgan fingerprint density at radius 2 is 1.26 bits per heavy atom. The summed E-state index contributed by atoms with van der Waals surface area (Å²) in [4.78, 5) is 24.7. The van der Waals surface area contributed by atoms with Crippen molar-refractivity contribution in [3.05, 3.63) is 0 Å². The minimum absolute atomic E-state index is 0.155. The first-order valence-electron chi connectivity index (χ1n) is 8.92. The molecule has 0 N–H and O–H groups in total. The SMILES string of the molecule is CCCCCCCCOC(=O)C(CC)(CC)C(=O)OCCOC. The molecule has 0 rings (SSSR count). The van der Waals surface area contributed by atoms with Crippen molar-refractivity contribution in [1.29, 1.82) is 0 Å². The Morgan fingerprint density at radius 1 is 0.739 bits per heavy atom. The molecule has 0 amide bonds. The molecule has 0 spiro atoms. The van der Waals surface area contributed by atoms with Crippen LogP contribution in [0.4, 0.5) is 0 Å². The molecule has 0 radical (unpaired) electrons. The van der Waals surface area contributed by atoms with Crippen molar-refractivity contribution in [2.24, 2.45) is 5.41 Å². The van der Waals surface area contributed by atoms with Gasteiger partial charge in [-0.25, -0.2) is 0 Å². The van der Waals surface area contributed by atoms with Crippen LogP contribution in [0.1, 0.15) is 72.1 Å². The zero-order valence-corrected chi connectivity index (χ0v) is 15.3. The fraction of sp³-hybridized carbons (Fsp3) is 0.889. The topological polar surface area (TPSA) is 61.8 Å². The molecule has 0 aromatic carbocycles. The molecule has 0 aromatic heterocycles. The van der Waals surface area contributed by atoms with Crippen LogP contribution >= 0.6 is 0 Å². The summed E-state index contributed by atoms with van der Waals surface area (Å²) in [5.74, 6) is -0.967. The van der Waals surface area contributed by atoms with Crippen molar-refractivity contribution in [2.45, 2.75) is 72.1 Å². The van der Waals surface area contributed by atoms with Crippen molar-refractivity contribution >= 4 is 11.9 Å². The van der Waals surface area contributed by atoms with E-state index in [-0.39, 0.29) is 6.61 Å². The molecule has 5 heteroatoms. The first-order chi connectivity index (χ1) is 11.1. The third-order valence-electron chi connectivity index (χ3n) is 4.24. The molecular weight excluding hydrogens is 296 g/mol. The summed E-state index contributed by atoms with van der Waals surface area (Å²) in [6.07, 6.45) is 7.52. The van der Waals surface area contributed by atoms with E-state index in [1.165, 1.54) is 26.4 Å². The van der Waals surface area contributed by atoms with Crippen LogP contribution in [0.15, 0.2) is 0 Å². The van der Waals surface area contributed by atoms with Gasteiger partial charge in [-0.1, -0.05) is 52.9 Å². The molecule has 0 saturated carbocycles. The molecule has 0 heterocycles. The van der Waals surface area contributed by atoms with Crippen molar-refractivity contribution in [3.63, 3.8) is 0 Å². The van der Waals surface area contributed by atoms with Crippen LogP contribution in [0, 0.1) is 5.41 Å². The average molecular weight is 330 g/mol. The van der Waals surface area contributed by atoms with E-state index in [1.54, 1.807) is 0 Å². The van der Waals surface area contributed by atoms with Gasteiger partial charge in [-0.2, -0.15) is 0 Å². The lowest BCUT2D eigenvalue weighted by atomic mass is 9.82. The van der Waals surface area contributed by atoms with E-state index in [1.807, 2.05) is 13.8 Å². The van der Waals surface area contributed by atoms with Crippen molar-refractivity contribution in [2.75, 3.05) is 26.9 Å². The van der Waals surface area contributed by atoms with E-state index < -0.39 is 17.4 Å². The standard InChI is InChI=1S/C18H34O5/c1-5-8-9-10-11-12-13-22-16(19)18(6-2,7-3)17(20)23-15-14-21-4/h5-15H2,1-4H3. The van der Waals surface area contributed by atoms with Crippen LogP contribution in [-0.4, -0.2) is 38.9 Å². The molecule has 136 valence electrons. The van der Waals surface area contributed by atoms with Gasteiger partial charge in [0.2, 0.25) is 0 Å². The Hall–Kier alpha value is -1.10. The van der Waals surface area contributed by atoms with E-state index in [9.17, 15) is 9.59 Å². The Balaban J connectivity index is 4.29. The number of esters is 2. The smallest absolute Gasteiger partial charge is 0.323 e. The molecule has 0 unspecified atom stereocenters. The zero-order valence-electron chi connectivity index (χ0n) is 15.3. The van der Waals surface area contributed by atoms with Gasteiger partial charge in [0, 0.05) is 7.11 Å². The average Bonchev–Trinajstić information content (AvgIpc) is 2.56. The van der Waals surface area contributed by atoms with Crippen LogP contribution in [0.3, 0.4) is 0 Å². The summed E-state index contributed by atoms with van der Waals surface area (Å²) in [7, 11) is 1.54. The van der Waals surface area contributed by atoms with Gasteiger partial charge in [0.05, 0.1) is 13.2 Å². The van der Waals surface area contributed by atoms with Gasteiger partial charge in [-0.15, -0.1) is 0 Å². The number of rotatable bonds is 14. The van der Waals surface area contributed by atoms with Crippen LogP contribution in [-0.2, 0) is 23.8 Å². The third-order valence-corrected chi connectivity index (χ3v) is 4.24. The molecule has 0 atom stereocenters. The molecule has 0 aliphatic heterocycles. The number of carbonyl (C=O) groups is 2. The maximum absolute atomic E-state index is 12.4. The van der Waals surface area contributed by atoms with Gasteiger partial charge < -0.3 is 14.2 Å². The Bertz CT molecular complexity index is 323. The largest absolute Gasteiger partial charge is 0.465 e. The van der Waals surface area contributed by atoms with Gasteiger partial charge in [0.1, 0.15) is 6.61 Å². The predicted octanol–water partition coefficient (Wildman–Crippen LogP) is 3.89. The highest BCUT2D eigenvalue weighted by atomic mass is 16.6. The van der Waals surface area contributed by atoms with E-state index in [4.69, 9.17) is 14.2 Å². The Kier molecular flexibility index (Phi) is 12.7. The van der Waals surface area contributed by atoms with E-state index in [0.717, 1.165) is 19.3 Å². The number of hydrogen-bond donors (Lipinski definition) is 0. The first kappa shape index (κ1) is 21.9. The van der Waals surface area contributed by atoms with Crippen molar-refractivity contribution < 1.29 is 23.8 Å². The maximum atomic E-state index is 12.4. The van der Waals surface area contributed by atoms with Crippen LogP contribution < -0.4 is 0 Å². The Labute approximate surface area is 141 Å². The summed E-state index contributed by atoms with van der Waals surface area (Å²) in [5, 5.41) is 0. The summed E-state index contributed by atoms with van der Waals surface area (Å²) in [6, 6.07) is 0. The lowest BCUT2D eigenvalue weighted by Gasteiger charge is -2.26. The second-order valence-corrected chi connectivity index (χ2v) is 5.82. The number of carbonyl (C=O) groups excluding carboxylic acids is 2. The highest BCUT2D eigenvalue weighted by Crippen LogP contribution is 2.30. The molecular formula is C18H34O5. The third kappa shape index (κ3) is 7.82. The van der Waals surface area contributed by atoms with Crippen LogP contribution in [0.2, 0.25) is 0 Å². The fourth-order valence-electron chi connectivity index (χ4n) is 2.45. The van der Waals surface area contributed by atoms with E-state index in [2.05, 4.69) is 6.92 Å². The van der Waals surface area contributed by atoms with Gasteiger partial charge in [-0.05, 0) is 19.3 Å². The second-order valence-electron chi connectivity index (χ2n) is 5.82. The highest BCUT2D eigenvalue weighted by molar-refractivity contribution is 5.99. The maximum Gasteiger partial charge on any atom is 0.323 e. The number of hydrogen-bond acceptors (Lipinski definition) is 5. The number of ether oxygens (including phenoxy) is 3. The molecule has 23 heavy (non-hydrogen) atoms. The van der Waals surface area contributed by atoms with E-state index in [0.29, 0.717) is 26.1 Å². The lowest BCUT2D eigenvalue weighted by molar-refractivity contribution is -0.174. The monoisotopic (exact) mass is 330 g/mol. The van der Waals surface area contributed by atoms with Gasteiger partial charge in [-0.3, -0.25) is 9.59 Å². The lowest BCUT2D eigenvalue weighted by Crippen LogP contribution is -2.41. The molecule has 0 aliphatic carbocycles. The summed E-state index contributed by atoms with van der Waals surface area (Å²) in [6.45, 7) is 6.66. The molecule has 0 saturated heterocycles. The highest BCUT2D eigenvalue weighted by Gasteiger charge is 2.45. The summed E-state index contributed by atoms with van der Waals surface area (Å²) >= 11 is 0. The molecule has 5 nitrogen and oxygen atoms in total. The van der Waals surface area contributed by atoms with Crippen LogP contribution in [0.5, 0.6) is 0 Å². The summed E-state index contributed by atoms with van der Waals surface area (Å²) < 4.78 is 15.4. The molecule has 0 fully saturated rings. The first-order valence-corrected chi connectivity index (χ1v) is 8.92. The second kappa shape index (κ2) is 13.3. The zero-order chi connectivity index (χ0) is 17.6. The van der Waals surface area contributed by atoms with E-state index >= 15 is 0 Å². The fourth-order valence-corrected chi connectivity index (χ4v) is 2.45. The van der Waals surface area contributed by atoms with Crippen molar-refractivity contribution in [1.82, 2.24) is 0 Å². The normalized spacial score (nSPS) is 11.3. The predicted molar refractivity (Wildman–Crippen MR) is 90.2 cm³/mol. The quantitative estimate of drug-likeness (QED) is 0.275. The number of methoxy groups -OCH3 is 1. The van der Waals surface area contributed by atoms with Gasteiger partial charge in [0.15, 0.2) is 5.41 Å². The minimum Gasteiger partial charge on any atom is -0.465 e. The molecule has 0 bridgehead atoms. The minimum atomic E-state index is -1.18. The number of unbranched alkanes of at least 4 members (excludes halogenated alkanes) is 5. The van der Waals surface area contributed by atoms with Gasteiger partial charge in [0.25, 0.3) is 0 Å².